The van der Waals surface area contributed by atoms with E-state index in [2.05, 4.69) is 41.5 Å². The van der Waals surface area contributed by atoms with Gasteiger partial charge in [0.25, 0.3) is 0 Å². The van der Waals surface area contributed by atoms with Crippen molar-refractivity contribution in [1.29, 1.82) is 0 Å². The standard InChI is InChI=1S/C18H20N2O/c1-14-12-16(21-13-15-6-3-2-4-7-15)9-10-17(14)20-18-8-5-11-19-18/h2-4,6-7,9-10,12H,5,8,11,13H2,1H3,(H,19,20). The predicted molar refractivity (Wildman–Crippen MR) is 87.1 cm³/mol. The second kappa shape index (κ2) is 6.44. The number of rotatable bonds is 4. The van der Waals surface area contributed by atoms with Crippen LogP contribution in [0.2, 0.25) is 0 Å². The minimum atomic E-state index is 0.597. The molecule has 0 bridgehead atoms. The number of hydrogen-bond acceptors (Lipinski definition) is 3. The maximum atomic E-state index is 5.84. The second-order valence-electron chi connectivity index (χ2n) is 5.31. The molecule has 0 aliphatic carbocycles. The Kier molecular flexibility index (Phi) is 4.20. The molecule has 0 atom stereocenters. The first-order valence-corrected chi connectivity index (χ1v) is 7.39. The van der Waals surface area contributed by atoms with Gasteiger partial charge in [0.1, 0.15) is 18.2 Å². The van der Waals surface area contributed by atoms with Crippen LogP contribution in [-0.4, -0.2) is 12.4 Å². The van der Waals surface area contributed by atoms with Gasteiger partial charge in [-0.3, -0.25) is 4.99 Å². The van der Waals surface area contributed by atoms with Crippen LogP contribution < -0.4 is 10.1 Å². The first-order valence-electron chi connectivity index (χ1n) is 7.39. The molecule has 2 aromatic carbocycles. The molecule has 0 aromatic heterocycles. The number of aryl methyl sites for hydroxylation is 1. The fourth-order valence-electron chi connectivity index (χ4n) is 2.40. The van der Waals surface area contributed by atoms with E-state index in [9.17, 15) is 0 Å². The molecule has 0 amide bonds. The number of hydrogen-bond donors (Lipinski definition) is 1. The summed E-state index contributed by atoms with van der Waals surface area (Å²) in [5, 5.41) is 3.40. The third-order valence-electron chi connectivity index (χ3n) is 3.60. The average Bonchev–Trinajstić information content (AvgIpc) is 3.02. The smallest absolute Gasteiger partial charge is 0.120 e. The van der Waals surface area contributed by atoms with E-state index in [0.29, 0.717) is 6.61 Å². The van der Waals surface area contributed by atoms with Crippen LogP contribution in [0.4, 0.5) is 5.69 Å². The van der Waals surface area contributed by atoms with Crippen LogP contribution in [0.5, 0.6) is 5.75 Å². The first kappa shape index (κ1) is 13.7. The van der Waals surface area contributed by atoms with E-state index in [0.717, 1.165) is 36.7 Å². The molecule has 0 unspecified atom stereocenters. The Morgan fingerprint density at radius 3 is 2.71 bits per heavy atom. The van der Waals surface area contributed by atoms with Crippen molar-refractivity contribution >= 4 is 11.5 Å². The largest absolute Gasteiger partial charge is 0.489 e. The Bertz CT molecular complexity index is 635. The van der Waals surface area contributed by atoms with Crippen LogP contribution in [0.25, 0.3) is 0 Å². The summed E-state index contributed by atoms with van der Waals surface area (Å²) in [4.78, 5) is 4.44. The first-order chi connectivity index (χ1) is 10.3. The van der Waals surface area contributed by atoms with Crippen molar-refractivity contribution in [2.75, 3.05) is 11.9 Å². The van der Waals surface area contributed by atoms with Crippen molar-refractivity contribution < 1.29 is 4.74 Å². The van der Waals surface area contributed by atoms with Crippen molar-refractivity contribution in [3.05, 3.63) is 59.7 Å². The Balaban J connectivity index is 1.63. The molecule has 3 rings (SSSR count). The SMILES string of the molecule is Cc1cc(OCc2ccccc2)ccc1NC1=NCCC1. The highest BCUT2D eigenvalue weighted by molar-refractivity contribution is 5.97. The van der Waals surface area contributed by atoms with E-state index in [1.165, 1.54) is 11.1 Å². The molecular formula is C18H20N2O. The summed E-state index contributed by atoms with van der Waals surface area (Å²) in [6.45, 7) is 3.63. The summed E-state index contributed by atoms with van der Waals surface area (Å²) in [5.74, 6) is 1.99. The van der Waals surface area contributed by atoms with Gasteiger partial charge in [-0.25, -0.2) is 0 Å². The zero-order valence-electron chi connectivity index (χ0n) is 12.3. The van der Waals surface area contributed by atoms with Crippen LogP contribution >= 0.6 is 0 Å². The molecule has 0 saturated heterocycles. The van der Waals surface area contributed by atoms with Crippen LogP contribution in [0, 0.1) is 6.92 Å². The molecule has 0 spiro atoms. The van der Waals surface area contributed by atoms with Gasteiger partial charge in [-0.15, -0.1) is 0 Å². The monoisotopic (exact) mass is 280 g/mol. The molecule has 21 heavy (non-hydrogen) atoms. The molecule has 1 aliphatic heterocycles. The van der Waals surface area contributed by atoms with Gasteiger partial charge in [-0.1, -0.05) is 30.3 Å². The molecule has 0 fully saturated rings. The fraction of sp³-hybridized carbons (Fsp3) is 0.278. The Hall–Kier alpha value is -2.29. The van der Waals surface area contributed by atoms with Gasteiger partial charge in [0.05, 0.1) is 0 Å². The second-order valence-corrected chi connectivity index (χ2v) is 5.31. The number of amidine groups is 1. The minimum Gasteiger partial charge on any atom is -0.489 e. The number of nitrogens with one attached hydrogen (secondary N) is 1. The fourth-order valence-corrected chi connectivity index (χ4v) is 2.40. The van der Waals surface area contributed by atoms with Crippen LogP contribution in [0.1, 0.15) is 24.0 Å². The van der Waals surface area contributed by atoms with E-state index in [1.807, 2.05) is 24.3 Å². The minimum absolute atomic E-state index is 0.597. The summed E-state index contributed by atoms with van der Waals surface area (Å²) < 4.78 is 5.84. The third-order valence-corrected chi connectivity index (χ3v) is 3.60. The third kappa shape index (κ3) is 3.63. The molecule has 3 nitrogen and oxygen atoms in total. The van der Waals surface area contributed by atoms with Crippen LogP contribution in [0.15, 0.2) is 53.5 Å². The Labute approximate surface area is 125 Å². The maximum absolute atomic E-state index is 5.84. The number of benzene rings is 2. The lowest BCUT2D eigenvalue weighted by Crippen LogP contribution is -2.09. The van der Waals surface area contributed by atoms with Gasteiger partial charge < -0.3 is 10.1 Å². The maximum Gasteiger partial charge on any atom is 0.120 e. The van der Waals surface area contributed by atoms with Crippen LogP contribution in [-0.2, 0) is 6.61 Å². The summed E-state index contributed by atoms with van der Waals surface area (Å²) in [5.41, 5.74) is 3.47. The van der Waals surface area contributed by atoms with E-state index in [1.54, 1.807) is 0 Å². The summed E-state index contributed by atoms with van der Waals surface area (Å²) in [6.07, 6.45) is 2.20. The lowest BCUT2D eigenvalue weighted by Gasteiger charge is -2.12. The van der Waals surface area contributed by atoms with Crippen LogP contribution in [0.3, 0.4) is 0 Å². The van der Waals surface area contributed by atoms with Gasteiger partial charge >= 0.3 is 0 Å². The molecule has 1 N–H and O–H groups in total. The number of anilines is 1. The lowest BCUT2D eigenvalue weighted by atomic mass is 10.2. The molecule has 1 aliphatic rings. The zero-order valence-corrected chi connectivity index (χ0v) is 12.3. The van der Waals surface area contributed by atoms with E-state index < -0.39 is 0 Å². The van der Waals surface area contributed by atoms with Crippen molar-refractivity contribution in [2.24, 2.45) is 4.99 Å². The molecule has 2 aromatic rings. The van der Waals surface area contributed by atoms with Gasteiger partial charge in [0, 0.05) is 18.7 Å². The van der Waals surface area contributed by atoms with Gasteiger partial charge in [0.15, 0.2) is 0 Å². The molecule has 0 radical (unpaired) electrons. The van der Waals surface area contributed by atoms with E-state index in [4.69, 9.17) is 4.74 Å². The number of aliphatic imine (C=N–C) groups is 1. The van der Waals surface area contributed by atoms with E-state index in [-0.39, 0.29) is 0 Å². The van der Waals surface area contributed by atoms with Gasteiger partial charge in [-0.05, 0) is 42.7 Å². The van der Waals surface area contributed by atoms with E-state index >= 15 is 0 Å². The molecule has 108 valence electrons. The summed E-state index contributed by atoms with van der Waals surface area (Å²) >= 11 is 0. The number of nitrogens with zero attached hydrogens (tertiary/aromatic N) is 1. The van der Waals surface area contributed by atoms with Crippen molar-refractivity contribution in [2.45, 2.75) is 26.4 Å². The molecule has 3 heteroatoms. The highest BCUT2D eigenvalue weighted by Gasteiger charge is 2.08. The van der Waals surface area contributed by atoms with Gasteiger partial charge in [-0.2, -0.15) is 0 Å². The quantitative estimate of drug-likeness (QED) is 0.911. The Morgan fingerprint density at radius 2 is 2.00 bits per heavy atom. The predicted octanol–water partition coefficient (Wildman–Crippen LogP) is 4.18. The summed E-state index contributed by atoms with van der Waals surface area (Å²) in [6, 6.07) is 16.4. The Morgan fingerprint density at radius 1 is 1.14 bits per heavy atom. The lowest BCUT2D eigenvalue weighted by molar-refractivity contribution is 0.306. The highest BCUT2D eigenvalue weighted by Crippen LogP contribution is 2.23. The zero-order chi connectivity index (χ0) is 14.5. The molecular weight excluding hydrogens is 260 g/mol. The van der Waals surface area contributed by atoms with Crippen molar-refractivity contribution in [3.8, 4) is 5.75 Å². The van der Waals surface area contributed by atoms with Crippen molar-refractivity contribution in [3.63, 3.8) is 0 Å². The normalized spacial score (nSPS) is 13.9. The number of ether oxygens (including phenoxy) is 1. The van der Waals surface area contributed by atoms with Gasteiger partial charge in [0.2, 0.25) is 0 Å². The average molecular weight is 280 g/mol. The molecule has 1 heterocycles. The summed E-state index contributed by atoms with van der Waals surface area (Å²) in [7, 11) is 0. The molecule has 0 saturated carbocycles. The van der Waals surface area contributed by atoms with Crippen molar-refractivity contribution in [1.82, 2.24) is 0 Å². The topological polar surface area (TPSA) is 33.6 Å². The highest BCUT2D eigenvalue weighted by atomic mass is 16.5.